The van der Waals surface area contributed by atoms with Gasteiger partial charge in [-0.3, -0.25) is 25.8 Å². The molecule has 0 saturated heterocycles. The highest BCUT2D eigenvalue weighted by molar-refractivity contribution is 5.98. The predicted octanol–water partition coefficient (Wildman–Crippen LogP) is 4.08. The van der Waals surface area contributed by atoms with Crippen LogP contribution in [0.2, 0.25) is 0 Å². The fraction of sp³-hybridized carbons (Fsp3) is 0.269. The molecule has 0 aliphatic heterocycles. The maximum Gasteiger partial charge on any atom is 0.321 e. The molecule has 1 spiro atoms. The Morgan fingerprint density at radius 3 is 2.15 bits per heavy atom. The largest absolute Gasteiger partial charge is 0.425 e. The molecule has 0 bridgehead atoms. The molecule has 3 rings (SSSR count). The maximum atomic E-state index is 13.2. The van der Waals surface area contributed by atoms with Gasteiger partial charge in [0.2, 0.25) is 5.96 Å². The number of nitrogens with one attached hydrogen (secondary N) is 3. The van der Waals surface area contributed by atoms with Gasteiger partial charge in [-0.25, -0.2) is 0 Å². The summed E-state index contributed by atoms with van der Waals surface area (Å²) in [6.07, 6.45) is 24.1. The van der Waals surface area contributed by atoms with Crippen molar-refractivity contribution in [1.29, 1.82) is 5.41 Å². The summed E-state index contributed by atoms with van der Waals surface area (Å²) < 4.78 is 5.70. The number of nitrogens with two attached hydrogens (primary N) is 1. The average molecular weight is 447 g/mol. The van der Waals surface area contributed by atoms with Gasteiger partial charge in [0.05, 0.1) is 11.0 Å². The third-order valence-corrected chi connectivity index (χ3v) is 5.55. The summed E-state index contributed by atoms with van der Waals surface area (Å²) >= 11 is 0. The number of esters is 1. The lowest BCUT2D eigenvalue weighted by atomic mass is 9.78. The van der Waals surface area contributed by atoms with Crippen molar-refractivity contribution in [3.05, 3.63) is 90.6 Å². The van der Waals surface area contributed by atoms with Crippen LogP contribution in [0.15, 0.2) is 85.0 Å². The number of allylic oxidation sites excluding steroid dienone is 9. The second kappa shape index (κ2) is 10.6. The number of benzene rings is 1. The summed E-state index contributed by atoms with van der Waals surface area (Å²) in [5, 5.41) is 7.17. The van der Waals surface area contributed by atoms with Crippen molar-refractivity contribution in [3.63, 3.8) is 0 Å². The van der Waals surface area contributed by atoms with Crippen LogP contribution >= 0.6 is 0 Å². The molecule has 0 fully saturated rings. The second-order valence-electron chi connectivity index (χ2n) is 8.37. The van der Waals surface area contributed by atoms with Gasteiger partial charge in [0, 0.05) is 5.41 Å². The number of amides is 1. The SMILES string of the molecule is CC1(C(=O)Oc2ccccc2C(=O)NNC(=N)N)C=CC2(/C=C\C/C=C\C/C=C\C/C=C\2)C1. The van der Waals surface area contributed by atoms with Gasteiger partial charge in [-0.1, -0.05) is 72.9 Å². The van der Waals surface area contributed by atoms with Gasteiger partial charge in [0.15, 0.2) is 0 Å². The smallest absolute Gasteiger partial charge is 0.321 e. The van der Waals surface area contributed by atoms with Crippen LogP contribution in [-0.2, 0) is 4.79 Å². The van der Waals surface area contributed by atoms with Crippen molar-refractivity contribution in [3.8, 4) is 5.75 Å². The van der Waals surface area contributed by atoms with Crippen LogP contribution in [-0.4, -0.2) is 17.8 Å². The first-order chi connectivity index (χ1) is 15.8. The van der Waals surface area contributed by atoms with Crippen LogP contribution in [0, 0.1) is 16.2 Å². The molecule has 1 aromatic carbocycles. The summed E-state index contributed by atoms with van der Waals surface area (Å²) in [6.45, 7) is 1.85. The molecule has 7 nitrogen and oxygen atoms in total. The molecule has 2 aliphatic rings. The lowest BCUT2D eigenvalue weighted by Gasteiger charge is -2.27. The zero-order chi connectivity index (χ0) is 23.7. The molecule has 7 heteroatoms. The summed E-state index contributed by atoms with van der Waals surface area (Å²) in [6, 6.07) is 6.45. The third kappa shape index (κ3) is 6.32. The molecule has 0 aromatic heterocycles. The standard InChI is InChI=1S/C26H30N4O3/c1-25(17-18-26(19-25)15-11-7-5-3-2-4-6-8-12-16-26)23(32)33-21-14-10-9-13-20(21)22(31)29-30-24(27)28/h3-6,9-18H,2,7-8,19H2,1H3,(H,29,31)(H4,27,28,30)/b5-3-,6-4-,15-11-,16-12-. The number of rotatable bonds is 3. The van der Waals surface area contributed by atoms with Gasteiger partial charge in [0.1, 0.15) is 5.75 Å². The van der Waals surface area contributed by atoms with Crippen LogP contribution in [0.5, 0.6) is 5.75 Å². The molecule has 1 aromatic rings. The maximum absolute atomic E-state index is 13.2. The van der Waals surface area contributed by atoms with E-state index < -0.39 is 23.3 Å². The third-order valence-electron chi connectivity index (χ3n) is 5.55. The molecule has 5 N–H and O–H groups in total. The first-order valence-electron chi connectivity index (χ1n) is 10.9. The monoisotopic (exact) mass is 446 g/mol. The Labute approximate surface area is 194 Å². The Kier molecular flexibility index (Phi) is 7.66. The van der Waals surface area contributed by atoms with E-state index in [0.717, 1.165) is 19.3 Å². The molecule has 33 heavy (non-hydrogen) atoms. The van der Waals surface area contributed by atoms with Gasteiger partial charge in [-0.15, -0.1) is 0 Å². The molecule has 2 aliphatic carbocycles. The molecule has 1 atom stereocenters. The van der Waals surface area contributed by atoms with Crippen molar-refractivity contribution in [2.24, 2.45) is 16.6 Å². The van der Waals surface area contributed by atoms with E-state index in [1.807, 2.05) is 13.0 Å². The summed E-state index contributed by atoms with van der Waals surface area (Å²) in [5.41, 5.74) is 8.66. The number of guanidine groups is 1. The Morgan fingerprint density at radius 1 is 0.909 bits per heavy atom. The van der Waals surface area contributed by atoms with E-state index in [9.17, 15) is 9.59 Å². The molecule has 1 amide bonds. The van der Waals surface area contributed by atoms with Crippen LogP contribution in [0.3, 0.4) is 0 Å². The fourth-order valence-electron chi connectivity index (χ4n) is 3.86. The van der Waals surface area contributed by atoms with Gasteiger partial charge < -0.3 is 10.5 Å². The quantitative estimate of drug-likeness (QED) is 0.139. The Bertz CT molecular complexity index is 1030. The highest BCUT2D eigenvalue weighted by Gasteiger charge is 2.44. The van der Waals surface area contributed by atoms with Crippen molar-refractivity contribution in [2.45, 2.75) is 32.6 Å². The van der Waals surface area contributed by atoms with Crippen molar-refractivity contribution >= 4 is 17.8 Å². The van der Waals surface area contributed by atoms with Crippen LogP contribution in [0.4, 0.5) is 0 Å². The zero-order valence-corrected chi connectivity index (χ0v) is 18.7. The van der Waals surface area contributed by atoms with Crippen molar-refractivity contribution in [2.75, 3.05) is 0 Å². The van der Waals surface area contributed by atoms with E-state index in [1.165, 1.54) is 6.07 Å². The van der Waals surface area contributed by atoms with E-state index >= 15 is 0 Å². The Morgan fingerprint density at radius 2 is 1.52 bits per heavy atom. The number of hydrazine groups is 1. The van der Waals surface area contributed by atoms with Gasteiger partial charge in [-0.2, -0.15) is 0 Å². The lowest BCUT2D eigenvalue weighted by Crippen LogP contribution is -2.45. The highest BCUT2D eigenvalue weighted by atomic mass is 16.5. The first kappa shape index (κ1) is 23.8. The number of hydrogen-bond donors (Lipinski definition) is 4. The summed E-state index contributed by atoms with van der Waals surface area (Å²) in [4.78, 5) is 25.7. The Balaban J connectivity index is 1.77. The molecular formula is C26H30N4O3. The minimum atomic E-state index is -0.862. The average Bonchev–Trinajstić information content (AvgIpc) is 3.13. The fourth-order valence-corrected chi connectivity index (χ4v) is 3.86. The molecule has 1 unspecified atom stereocenters. The minimum absolute atomic E-state index is 0.140. The van der Waals surface area contributed by atoms with Crippen LogP contribution in [0.25, 0.3) is 0 Å². The van der Waals surface area contributed by atoms with E-state index in [-0.39, 0.29) is 16.7 Å². The van der Waals surface area contributed by atoms with E-state index in [2.05, 4.69) is 65.5 Å². The van der Waals surface area contributed by atoms with Gasteiger partial charge in [0.25, 0.3) is 5.91 Å². The number of para-hydroxylation sites is 1. The predicted molar refractivity (Wildman–Crippen MR) is 129 cm³/mol. The zero-order valence-electron chi connectivity index (χ0n) is 18.7. The highest BCUT2D eigenvalue weighted by Crippen LogP contribution is 2.46. The van der Waals surface area contributed by atoms with E-state index in [0.29, 0.717) is 6.42 Å². The molecular weight excluding hydrogens is 416 g/mol. The molecule has 0 radical (unpaired) electrons. The van der Waals surface area contributed by atoms with Crippen molar-refractivity contribution < 1.29 is 14.3 Å². The second-order valence-corrected chi connectivity index (χ2v) is 8.37. The topological polar surface area (TPSA) is 117 Å². The lowest BCUT2D eigenvalue weighted by molar-refractivity contribution is -0.142. The normalized spacial score (nSPS) is 25.1. The molecule has 0 heterocycles. The van der Waals surface area contributed by atoms with E-state index in [1.54, 1.807) is 18.2 Å². The van der Waals surface area contributed by atoms with Crippen molar-refractivity contribution in [1.82, 2.24) is 10.9 Å². The molecule has 0 saturated carbocycles. The number of carbonyl (C=O) groups excluding carboxylic acids is 2. The number of ether oxygens (including phenoxy) is 1. The Hall–Kier alpha value is -3.87. The summed E-state index contributed by atoms with van der Waals surface area (Å²) in [7, 11) is 0. The molecule has 172 valence electrons. The number of carbonyl (C=O) groups is 2. The number of hydrogen-bond acceptors (Lipinski definition) is 4. The van der Waals surface area contributed by atoms with Gasteiger partial charge in [-0.05, 0) is 44.7 Å². The van der Waals surface area contributed by atoms with E-state index in [4.69, 9.17) is 15.9 Å². The van der Waals surface area contributed by atoms with Gasteiger partial charge >= 0.3 is 5.97 Å². The first-order valence-corrected chi connectivity index (χ1v) is 10.9. The van der Waals surface area contributed by atoms with Crippen LogP contribution in [0.1, 0.15) is 43.0 Å². The minimum Gasteiger partial charge on any atom is -0.425 e. The van der Waals surface area contributed by atoms with Crippen LogP contribution < -0.4 is 21.3 Å². The summed E-state index contributed by atoms with van der Waals surface area (Å²) in [5.74, 6) is -1.27.